The highest BCUT2D eigenvalue weighted by Gasteiger charge is 2.16. The van der Waals surface area contributed by atoms with Crippen LogP contribution in [0.5, 0.6) is 0 Å². The molecule has 4 nitrogen and oxygen atoms in total. The van der Waals surface area contributed by atoms with Gasteiger partial charge in [0.05, 0.1) is 0 Å². The van der Waals surface area contributed by atoms with Crippen molar-refractivity contribution in [3.8, 4) is 0 Å². The molecule has 128 valence electrons. The van der Waals surface area contributed by atoms with Gasteiger partial charge < -0.3 is 10.2 Å². The summed E-state index contributed by atoms with van der Waals surface area (Å²) < 4.78 is 0. The van der Waals surface area contributed by atoms with Crippen molar-refractivity contribution in [1.82, 2.24) is 15.2 Å². The first kappa shape index (κ1) is 18.3. The number of thioether (sulfide) groups is 1. The highest BCUT2D eigenvalue weighted by Crippen LogP contribution is 2.15. The molecule has 0 saturated carbocycles. The molecule has 2 aromatic rings. The van der Waals surface area contributed by atoms with Crippen molar-refractivity contribution in [1.29, 1.82) is 0 Å². The van der Waals surface area contributed by atoms with Gasteiger partial charge in [-0.1, -0.05) is 12.1 Å². The van der Waals surface area contributed by atoms with Crippen LogP contribution in [0.25, 0.3) is 0 Å². The van der Waals surface area contributed by atoms with E-state index in [9.17, 15) is 4.79 Å². The maximum atomic E-state index is 12.4. The van der Waals surface area contributed by atoms with Gasteiger partial charge in [-0.15, -0.1) is 11.8 Å². The average Bonchev–Trinajstić information content (AvgIpc) is 2.59. The molecule has 1 aromatic carbocycles. The highest BCUT2D eigenvalue weighted by atomic mass is 32.2. The third kappa shape index (κ3) is 5.27. The van der Waals surface area contributed by atoms with E-state index in [1.807, 2.05) is 44.6 Å². The second-order valence-electron chi connectivity index (χ2n) is 6.00. The molecular formula is C19H25N3OS. The van der Waals surface area contributed by atoms with Crippen molar-refractivity contribution in [2.45, 2.75) is 37.8 Å². The molecule has 1 aromatic heterocycles. The van der Waals surface area contributed by atoms with Crippen LogP contribution in [0.4, 0.5) is 4.79 Å². The molecule has 0 spiro atoms. The molecule has 0 radical (unpaired) electrons. The van der Waals surface area contributed by atoms with Crippen molar-refractivity contribution in [2.75, 3.05) is 13.3 Å². The zero-order valence-corrected chi connectivity index (χ0v) is 15.6. The zero-order valence-electron chi connectivity index (χ0n) is 14.7. The van der Waals surface area contributed by atoms with E-state index in [1.54, 1.807) is 16.7 Å². The molecule has 0 saturated heterocycles. The molecule has 5 heteroatoms. The Morgan fingerprint density at radius 2 is 2.12 bits per heavy atom. The van der Waals surface area contributed by atoms with Crippen molar-refractivity contribution >= 4 is 17.8 Å². The smallest absolute Gasteiger partial charge is 0.317 e. The number of likely N-dealkylation sites (N-methyl/N-ethyl adjacent to an activating group) is 1. The van der Waals surface area contributed by atoms with Crippen LogP contribution in [0.1, 0.15) is 23.7 Å². The number of carbonyl (C=O) groups excluding carboxylic acids is 1. The van der Waals surface area contributed by atoms with E-state index in [0.29, 0.717) is 6.54 Å². The van der Waals surface area contributed by atoms with E-state index in [-0.39, 0.29) is 12.1 Å². The minimum absolute atomic E-state index is 0.0651. The lowest BCUT2D eigenvalue weighted by molar-refractivity contribution is 0.193. The minimum Gasteiger partial charge on any atom is -0.334 e. The summed E-state index contributed by atoms with van der Waals surface area (Å²) in [5.41, 5.74) is 3.31. The number of hydrogen-bond donors (Lipinski definition) is 1. The van der Waals surface area contributed by atoms with Gasteiger partial charge in [0.1, 0.15) is 0 Å². The van der Waals surface area contributed by atoms with Gasteiger partial charge in [0.2, 0.25) is 0 Å². The molecule has 24 heavy (non-hydrogen) atoms. The lowest BCUT2D eigenvalue weighted by Gasteiger charge is -2.25. The number of rotatable bonds is 6. The van der Waals surface area contributed by atoms with Crippen molar-refractivity contribution in [3.05, 3.63) is 59.4 Å². The van der Waals surface area contributed by atoms with E-state index in [1.165, 1.54) is 10.5 Å². The Morgan fingerprint density at radius 3 is 2.83 bits per heavy atom. The van der Waals surface area contributed by atoms with E-state index in [2.05, 4.69) is 35.4 Å². The van der Waals surface area contributed by atoms with Gasteiger partial charge >= 0.3 is 6.03 Å². The Hall–Kier alpha value is -2.01. The van der Waals surface area contributed by atoms with Crippen molar-refractivity contribution in [2.24, 2.45) is 0 Å². The van der Waals surface area contributed by atoms with E-state index in [4.69, 9.17) is 0 Å². The zero-order chi connectivity index (χ0) is 17.5. The molecule has 2 amide bonds. The molecule has 0 aliphatic heterocycles. The van der Waals surface area contributed by atoms with Crippen LogP contribution < -0.4 is 5.32 Å². The summed E-state index contributed by atoms with van der Waals surface area (Å²) in [5.74, 6) is 0. The summed E-state index contributed by atoms with van der Waals surface area (Å²) in [6.45, 7) is 4.62. The number of carbonyl (C=O) groups is 1. The number of hydrogen-bond acceptors (Lipinski definition) is 3. The Kier molecular flexibility index (Phi) is 6.67. The molecule has 1 heterocycles. The van der Waals surface area contributed by atoms with Gasteiger partial charge in [-0.2, -0.15) is 0 Å². The molecule has 0 aliphatic rings. The number of benzene rings is 1. The topological polar surface area (TPSA) is 45.2 Å². The average molecular weight is 343 g/mol. The van der Waals surface area contributed by atoms with Crippen LogP contribution >= 0.6 is 11.8 Å². The van der Waals surface area contributed by atoms with Gasteiger partial charge in [0, 0.05) is 42.8 Å². The minimum atomic E-state index is -0.0651. The summed E-state index contributed by atoms with van der Waals surface area (Å²) in [4.78, 5) is 19.7. The SMILES string of the molecule is CSc1cccc(CNC(=O)N(C)C(C)Cc2cc(C)ccn2)c1. The third-order valence-corrected chi connectivity index (χ3v) is 4.76. The first-order valence-corrected chi connectivity index (χ1v) is 9.27. The summed E-state index contributed by atoms with van der Waals surface area (Å²) in [6, 6.07) is 12.3. The second kappa shape index (κ2) is 8.73. The first-order chi connectivity index (χ1) is 11.5. The predicted octanol–water partition coefficient (Wildman–Crippen LogP) is 3.88. The van der Waals surface area contributed by atoms with Gasteiger partial charge in [0.25, 0.3) is 0 Å². The Balaban J connectivity index is 1.88. The van der Waals surface area contributed by atoms with Crippen LogP contribution in [-0.4, -0.2) is 35.3 Å². The number of amides is 2. The Morgan fingerprint density at radius 1 is 1.33 bits per heavy atom. The summed E-state index contributed by atoms with van der Waals surface area (Å²) in [6.07, 6.45) is 4.61. The summed E-state index contributed by atoms with van der Waals surface area (Å²) in [7, 11) is 1.83. The standard InChI is InChI=1S/C19H25N3OS/c1-14-8-9-20-17(10-14)11-15(2)22(3)19(23)21-13-16-6-5-7-18(12-16)24-4/h5-10,12,15H,11,13H2,1-4H3,(H,21,23). The van der Waals surface area contributed by atoms with Gasteiger partial charge in [0.15, 0.2) is 0 Å². The van der Waals surface area contributed by atoms with Crippen LogP contribution in [0.2, 0.25) is 0 Å². The highest BCUT2D eigenvalue weighted by molar-refractivity contribution is 7.98. The molecule has 1 N–H and O–H groups in total. The number of nitrogens with one attached hydrogen (secondary N) is 1. The van der Waals surface area contributed by atoms with Crippen LogP contribution in [0.15, 0.2) is 47.5 Å². The van der Waals surface area contributed by atoms with E-state index in [0.717, 1.165) is 17.7 Å². The van der Waals surface area contributed by atoms with E-state index >= 15 is 0 Å². The third-order valence-electron chi connectivity index (χ3n) is 4.04. The molecule has 2 rings (SSSR count). The summed E-state index contributed by atoms with van der Waals surface area (Å²) in [5, 5.41) is 2.99. The largest absolute Gasteiger partial charge is 0.334 e. The lowest BCUT2D eigenvalue weighted by Crippen LogP contribution is -2.43. The van der Waals surface area contributed by atoms with Gasteiger partial charge in [-0.25, -0.2) is 4.79 Å². The van der Waals surface area contributed by atoms with Crippen LogP contribution in [-0.2, 0) is 13.0 Å². The maximum absolute atomic E-state index is 12.4. The van der Waals surface area contributed by atoms with E-state index < -0.39 is 0 Å². The molecule has 0 bridgehead atoms. The normalized spacial score (nSPS) is 11.8. The molecule has 0 fully saturated rings. The Bertz CT molecular complexity index is 690. The predicted molar refractivity (Wildman–Crippen MR) is 100 cm³/mol. The second-order valence-corrected chi connectivity index (χ2v) is 6.88. The monoisotopic (exact) mass is 343 g/mol. The number of aryl methyl sites for hydroxylation is 1. The van der Waals surface area contributed by atoms with Crippen molar-refractivity contribution < 1.29 is 4.79 Å². The Labute approximate surface area is 148 Å². The maximum Gasteiger partial charge on any atom is 0.317 e. The lowest BCUT2D eigenvalue weighted by atomic mass is 10.1. The quantitative estimate of drug-likeness (QED) is 0.810. The van der Waals surface area contributed by atoms with Crippen LogP contribution in [0.3, 0.4) is 0 Å². The van der Waals surface area contributed by atoms with Crippen molar-refractivity contribution in [3.63, 3.8) is 0 Å². The first-order valence-electron chi connectivity index (χ1n) is 8.04. The van der Waals surface area contributed by atoms with Crippen LogP contribution in [0, 0.1) is 6.92 Å². The molecular weight excluding hydrogens is 318 g/mol. The summed E-state index contributed by atoms with van der Waals surface area (Å²) >= 11 is 1.70. The fourth-order valence-electron chi connectivity index (χ4n) is 2.43. The fraction of sp³-hybridized carbons (Fsp3) is 0.368. The number of pyridine rings is 1. The number of urea groups is 1. The molecule has 0 aliphatic carbocycles. The number of aromatic nitrogens is 1. The number of nitrogens with zero attached hydrogens (tertiary/aromatic N) is 2. The van der Waals surface area contributed by atoms with Gasteiger partial charge in [-0.3, -0.25) is 4.98 Å². The van der Waals surface area contributed by atoms with Gasteiger partial charge in [-0.05, 0) is 55.5 Å². The molecule has 1 atom stereocenters. The molecule has 1 unspecified atom stereocenters. The fourth-order valence-corrected chi connectivity index (χ4v) is 2.92.